The Morgan fingerprint density at radius 2 is 1.91 bits per heavy atom. The van der Waals surface area contributed by atoms with E-state index in [2.05, 4.69) is 50.5 Å². The fourth-order valence-corrected chi connectivity index (χ4v) is 3.20. The largest absolute Gasteiger partial charge is 0.354 e. The van der Waals surface area contributed by atoms with Gasteiger partial charge in [-0.25, -0.2) is 9.97 Å². The van der Waals surface area contributed by atoms with Gasteiger partial charge in [-0.2, -0.15) is 0 Å². The van der Waals surface area contributed by atoms with Crippen molar-refractivity contribution in [1.82, 2.24) is 14.9 Å². The molecule has 1 aliphatic rings. The first-order valence-corrected chi connectivity index (χ1v) is 8.59. The van der Waals surface area contributed by atoms with Gasteiger partial charge in [0.2, 0.25) is 5.95 Å². The molecule has 0 aliphatic carbocycles. The summed E-state index contributed by atoms with van der Waals surface area (Å²) in [6.07, 6.45) is 5.61. The number of piperidine rings is 1. The molecule has 4 nitrogen and oxygen atoms in total. The molecule has 23 heavy (non-hydrogen) atoms. The van der Waals surface area contributed by atoms with Gasteiger partial charge in [-0.1, -0.05) is 30.3 Å². The number of hydrogen-bond acceptors (Lipinski definition) is 4. The highest BCUT2D eigenvalue weighted by molar-refractivity contribution is 5.24. The van der Waals surface area contributed by atoms with E-state index in [1.165, 1.54) is 37.9 Å². The van der Waals surface area contributed by atoms with Gasteiger partial charge < -0.3 is 5.32 Å². The van der Waals surface area contributed by atoms with E-state index in [-0.39, 0.29) is 0 Å². The summed E-state index contributed by atoms with van der Waals surface area (Å²) < 4.78 is 0. The number of rotatable bonds is 6. The van der Waals surface area contributed by atoms with Gasteiger partial charge in [-0.3, -0.25) is 4.90 Å². The van der Waals surface area contributed by atoms with Crippen LogP contribution in [0.3, 0.4) is 0 Å². The Kier molecular flexibility index (Phi) is 5.59. The normalized spacial score (nSPS) is 16.4. The minimum atomic E-state index is 0.756. The van der Waals surface area contributed by atoms with Crippen LogP contribution in [0.2, 0.25) is 0 Å². The van der Waals surface area contributed by atoms with E-state index < -0.39 is 0 Å². The second-order valence-electron chi connectivity index (χ2n) is 6.44. The van der Waals surface area contributed by atoms with E-state index in [1.54, 1.807) is 0 Å². The SMILES string of the molecule is Cc1ccnc(NCCC2CCN(Cc3ccccc3)CC2)n1. The van der Waals surface area contributed by atoms with Crippen molar-refractivity contribution in [2.75, 3.05) is 25.0 Å². The molecule has 1 N–H and O–H groups in total. The maximum atomic E-state index is 4.38. The van der Waals surface area contributed by atoms with Crippen molar-refractivity contribution in [3.8, 4) is 0 Å². The van der Waals surface area contributed by atoms with Crippen LogP contribution >= 0.6 is 0 Å². The summed E-state index contributed by atoms with van der Waals surface area (Å²) in [6, 6.07) is 12.7. The highest BCUT2D eigenvalue weighted by Gasteiger charge is 2.18. The summed E-state index contributed by atoms with van der Waals surface area (Å²) in [4.78, 5) is 11.2. The summed E-state index contributed by atoms with van der Waals surface area (Å²) in [6.45, 7) is 6.46. The van der Waals surface area contributed by atoms with Crippen LogP contribution in [-0.4, -0.2) is 34.5 Å². The molecule has 122 valence electrons. The first kappa shape index (κ1) is 15.9. The highest BCUT2D eigenvalue weighted by Crippen LogP contribution is 2.21. The number of hydrogen-bond donors (Lipinski definition) is 1. The Morgan fingerprint density at radius 3 is 2.65 bits per heavy atom. The highest BCUT2D eigenvalue weighted by atomic mass is 15.1. The van der Waals surface area contributed by atoms with Crippen LogP contribution in [0.25, 0.3) is 0 Å². The molecule has 0 unspecified atom stereocenters. The number of nitrogens with zero attached hydrogens (tertiary/aromatic N) is 3. The summed E-state index contributed by atoms with van der Waals surface area (Å²) in [7, 11) is 0. The van der Waals surface area contributed by atoms with Crippen LogP contribution in [0, 0.1) is 12.8 Å². The molecule has 0 amide bonds. The molecule has 2 heterocycles. The number of nitrogens with one attached hydrogen (secondary N) is 1. The maximum absolute atomic E-state index is 4.38. The molecule has 1 aromatic heterocycles. The van der Waals surface area contributed by atoms with E-state index in [0.29, 0.717) is 0 Å². The van der Waals surface area contributed by atoms with Crippen LogP contribution in [0.1, 0.15) is 30.5 Å². The summed E-state index contributed by atoms with van der Waals surface area (Å²) in [5.74, 6) is 1.57. The molecule has 0 radical (unpaired) electrons. The molecular formula is C19H26N4. The lowest BCUT2D eigenvalue weighted by molar-refractivity contribution is 0.174. The smallest absolute Gasteiger partial charge is 0.222 e. The lowest BCUT2D eigenvalue weighted by Gasteiger charge is -2.32. The molecule has 0 saturated carbocycles. The Balaban J connectivity index is 1.36. The molecular weight excluding hydrogens is 284 g/mol. The molecule has 2 aromatic rings. The third-order valence-electron chi connectivity index (χ3n) is 4.59. The molecule has 1 aliphatic heterocycles. The lowest BCUT2D eigenvalue weighted by atomic mass is 9.93. The van der Waals surface area contributed by atoms with Crippen molar-refractivity contribution in [3.63, 3.8) is 0 Å². The van der Waals surface area contributed by atoms with Crippen molar-refractivity contribution in [2.45, 2.75) is 32.7 Å². The van der Waals surface area contributed by atoms with Crippen LogP contribution < -0.4 is 5.32 Å². The lowest BCUT2D eigenvalue weighted by Crippen LogP contribution is -2.33. The van der Waals surface area contributed by atoms with Gasteiger partial charge in [-0.15, -0.1) is 0 Å². The second kappa shape index (κ2) is 8.06. The van der Waals surface area contributed by atoms with Crippen molar-refractivity contribution in [2.24, 2.45) is 5.92 Å². The maximum Gasteiger partial charge on any atom is 0.222 e. The number of anilines is 1. The molecule has 1 aromatic carbocycles. The number of likely N-dealkylation sites (tertiary alicyclic amines) is 1. The van der Waals surface area contributed by atoms with Gasteiger partial charge >= 0.3 is 0 Å². The third kappa shape index (κ3) is 5.03. The third-order valence-corrected chi connectivity index (χ3v) is 4.59. The van der Waals surface area contributed by atoms with Gasteiger partial charge in [0.05, 0.1) is 0 Å². The van der Waals surface area contributed by atoms with Crippen LogP contribution in [-0.2, 0) is 6.54 Å². The molecule has 0 bridgehead atoms. The van der Waals surface area contributed by atoms with Gasteiger partial charge in [0.1, 0.15) is 0 Å². The van der Waals surface area contributed by atoms with Crippen LogP contribution in [0.5, 0.6) is 0 Å². The topological polar surface area (TPSA) is 41.1 Å². The van der Waals surface area contributed by atoms with Gasteiger partial charge in [0.25, 0.3) is 0 Å². The Labute approximate surface area is 139 Å². The zero-order valence-electron chi connectivity index (χ0n) is 13.9. The van der Waals surface area contributed by atoms with E-state index in [9.17, 15) is 0 Å². The van der Waals surface area contributed by atoms with Crippen molar-refractivity contribution in [1.29, 1.82) is 0 Å². The quantitative estimate of drug-likeness (QED) is 0.886. The van der Waals surface area contributed by atoms with Crippen molar-refractivity contribution < 1.29 is 0 Å². The standard InChI is InChI=1S/C19H26N4/c1-16-7-11-20-19(22-16)21-12-8-17-9-13-23(14-10-17)15-18-5-3-2-4-6-18/h2-7,11,17H,8-10,12-15H2,1H3,(H,20,21,22). The Bertz CT molecular complexity index is 591. The van der Waals surface area contributed by atoms with Gasteiger partial charge in [-0.05, 0) is 56.8 Å². The molecule has 3 rings (SSSR count). The van der Waals surface area contributed by atoms with E-state index >= 15 is 0 Å². The zero-order chi connectivity index (χ0) is 15.9. The fourth-order valence-electron chi connectivity index (χ4n) is 3.20. The summed E-state index contributed by atoms with van der Waals surface area (Å²) in [5.41, 5.74) is 2.43. The average Bonchev–Trinajstić information content (AvgIpc) is 2.58. The predicted molar refractivity (Wildman–Crippen MR) is 94.3 cm³/mol. The minimum absolute atomic E-state index is 0.756. The fraction of sp³-hybridized carbons (Fsp3) is 0.474. The first-order valence-electron chi connectivity index (χ1n) is 8.59. The number of aryl methyl sites for hydroxylation is 1. The van der Waals surface area contributed by atoms with Crippen LogP contribution in [0.15, 0.2) is 42.6 Å². The molecule has 1 fully saturated rings. The molecule has 0 atom stereocenters. The Hall–Kier alpha value is -1.94. The van der Waals surface area contributed by atoms with Crippen molar-refractivity contribution >= 4 is 5.95 Å². The molecule has 1 saturated heterocycles. The summed E-state index contributed by atoms with van der Waals surface area (Å²) >= 11 is 0. The predicted octanol–water partition coefficient (Wildman–Crippen LogP) is 3.50. The van der Waals surface area contributed by atoms with Gasteiger partial charge in [0.15, 0.2) is 0 Å². The van der Waals surface area contributed by atoms with E-state index in [1.807, 2.05) is 19.2 Å². The second-order valence-corrected chi connectivity index (χ2v) is 6.44. The Morgan fingerprint density at radius 1 is 1.13 bits per heavy atom. The van der Waals surface area contributed by atoms with Crippen LogP contribution in [0.4, 0.5) is 5.95 Å². The minimum Gasteiger partial charge on any atom is -0.354 e. The number of aromatic nitrogens is 2. The number of benzene rings is 1. The van der Waals surface area contributed by atoms with E-state index in [0.717, 1.165) is 30.6 Å². The molecule has 0 spiro atoms. The molecule has 4 heteroatoms. The first-order chi connectivity index (χ1) is 11.3. The average molecular weight is 310 g/mol. The van der Waals surface area contributed by atoms with Gasteiger partial charge in [0, 0.05) is 25.0 Å². The van der Waals surface area contributed by atoms with Crippen molar-refractivity contribution in [3.05, 3.63) is 53.9 Å². The zero-order valence-corrected chi connectivity index (χ0v) is 13.9. The summed E-state index contributed by atoms with van der Waals surface area (Å²) in [5, 5.41) is 3.35. The van der Waals surface area contributed by atoms with E-state index in [4.69, 9.17) is 0 Å². The monoisotopic (exact) mass is 310 g/mol.